The van der Waals surface area contributed by atoms with Crippen molar-refractivity contribution in [1.82, 2.24) is 4.90 Å². The highest BCUT2D eigenvalue weighted by atomic mass is 35.5. The number of piperidine rings is 1. The average Bonchev–Trinajstić information content (AvgIpc) is 2.95. The number of methoxy groups -OCH3 is 1. The summed E-state index contributed by atoms with van der Waals surface area (Å²) in [5.74, 6) is 1.99. The van der Waals surface area contributed by atoms with Crippen LogP contribution in [0.15, 0.2) is 63.7 Å². The predicted molar refractivity (Wildman–Crippen MR) is 171 cm³/mol. The largest absolute Gasteiger partial charge is 0.495 e. The zero-order chi connectivity index (χ0) is 27.8. The normalized spacial score (nSPS) is 18.8. The molecule has 1 saturated carbocycles. The summed E-state index contributed by atoms with van der Waals surface area (Å²) in [7, 11) is 3.68. The van der Waals surface area contributed by atoms with Crippen molar-refractivity contribution in [3.05, 3.63) is 59.3 Å². The van der Waals surface area contributed by atoms with Crippen LogP contribution in [-0.2, 0) is 0 Å². The fraction of sp³-hybridized carbons (Fsp3) is 0.484. The van der Waals surface area contributed by atoms with E-state index in [2.05, 4.69) is 78.0 Å². The lowest BCUT2D eigenvalue weighted by Gasteiger charge is -2.45. The molecule has 0 unspecified atom stereocenters. The fourth-order valence-electron chi connectivity index (χ4n) is 5.88. The Morgan fingerprint density at radius 1 is 1.13 bits per heavy atom. The lowest BCUT2D eigenvalue weighted by Crippen LogP contribution is -2.39. The Hall–Kier alpha value is -2.40. The van der Waals surface area contributed by atoms with Gasteiger partial charge in [-0.2, -0.15) is 0 Å². The molecule has 2 aromatic carbocycles. The number of amidine groups is 1. The van der Waals surface area contributed by atoms with Gasteiger partial charge in [0.05, 0.1) is 12.8 Å². The van der Waals surface area contributed by atoms with Crippen LogP contribution in [0.3, 0.4) is 0 Å². The fourth-order valence-corrected chi connectivity index (χ4v) is 7.05. The van der Waals surface area contributed by atoms with Gasteiger partial charge >= 0.3 is 0 Å². The maximum absolute atomic E-state index is 6.52. The van der Waals surface area contributed by atoms with Crippen LogP contribution < -0.4 is 20.7 Å². The summed E-state index contributed by atoms with van der Waals surface area (Å²) in [6.45, 7) is 10.8. The smallest absolute Gasteiger partial charge is 0.147 e. The molecule has 0 aromatic heterocycles. The minimum Gasteiger partial charge on any atom is -0.495 e. The van der Waals surface area contributed by atoms with Gasteiger partial charge < -0.3 is 20.3 Å². The molecule has 1 aliphatic carbocycles. The first-order valence-corrected chi connectivity index (χ1v) is 16.5. The molecule has 4 rings (SSSR count). The number of nitrogens with zero attached hydrogens (tertiary/aromatic N) is 3. The number of benzene rings is 2. The van der Waals surface area contributed by atoms with Crippen molar-refractivity contribution in [2.24, 2.45) is 15.4 Å². The van der Waals surface area contributed by atoms with E-state index in [0.717, 1.165) is 17.1 Å². The zero-order valence-electron chi connectivity index (χ0n) is 23.8. The summed E-state index contributed by atoms with van der Waals surface area (Å²) in [6, 6.07) is 14.8. The van der Waals surface area contributed by atoms with Gasteiger partial charge in [-0.1, -0.05) is 43.8 Å². The van der Waals surface area contributed by atoms with Crippen molar-refractivity contribution in [2.45, 2.75) is 44.4 Å². The molecule has 8 heteroatoms. The van der Waals surface area contributed by atoms with Gasteiger partial charge in [-0.15, -0.1) is 0 Å². The van der Waals surface area contributed by atoms with Crippen molar-refractivity contribution < 1.29 is 4.74 Å². The number of anilines is 2. The predicted octanol–water partition coefficient (Wildman–Crippen LogP) is 7.09. The van der Waals surface area contributed by atoms with Gasteiger partial charge in [0.1, 0.15) is 23.3 Å². The summed E-state index contributed by atoms with van der Waals surface area (Å²) in [5, 5.41) is 8.48. The zero-order valence-corrected chi connectivity index (χ0v) is 25.5. The highest BCUT2D eigenvalue weighted by Crippen LogP contribution is 2.49. The Labute approximate surface area is 240 Å². The highest BCUT2D eigenvalue weighted by Gasteiger charge is 2.37. The van der Waals surface area contributed by atoms with E-state index >= 15 is 0 Å². The summed E-state index contributed by atoms with van der Waals surface area (Å²) in [4.78, 5) is 11.0. The topological polar surface area (TPSA) is 61.2 Å². The molecule has 0 radical (unpaired) electrons. The standard InChI is InChI=1S/C31H43ClN5OP/c1-33-21-25(32)30(36-27-8-6-7-9-29(27)39(4)5)35-22-34-26-11-10-24(20-28(26)38-3)23-12-14-31(15-13-23)16-18-37(2)19-17-31/h6-11,20-21,23,34H,1,12-19,22H2,2-5H3,(H,35,36)/b25-21+. The minimum atomic E-state index is -0.296. The molecule has 2 N–H and O–H groups in total. The van der Waals surface area contributed by atoms with Crippen LogP contribution in [0.25, 0.3) is 0 Å². The van der Waals surface area contributed by atoms with Crippen LogP contribution >= 0.6 is 19.5 Å². The van der Waals surface area contributed by atoms with Gasteiger partial charge in [0.15, 0.2) is 0 Å². The van der Waals surface area contributed by atoms with Crippen molar-refractivity contribution in [1.29, 1.82) is 0 Å². The maximum Gasteiger partial charge on any atom is 0.147 e. The first-order valence-electron chi connectivity index (χ1n) is 13.8. The number of halogens is 1. The molecule has 210 valence electrons. The van der Waals surface area contributed by atoms with Gasteiger partial charge in [0.25, 0.3) is 0 Å². The number of rotatable bonds is 9. The molecule has 1 saturated heterocycles. The van der Waals surface area contributed by atoms with Crippen molar-refractivity contribution >= 4 is 48.8 Å². The number of hydrogen-bond acceptors (Lipinski definition) is 5. The minimum absolute atomic E-state index is 0.296. The molecular formula is C31H43ClN5OP. The Balaban J connectivity index is 1.43. The second-order valence-corrected chi connectivity index (χ2v) is 13.8. The van der Waals surface area contributed by atoms with Gasteiger partial charge in [-0.25, -0.2) is 4.99 Å². The number of aliphatic imine (C=N–C) groups is 2. The third kappa shape index (κ3) is 7.63. The van der Waals surface area contributed by atoms with Crippen LogP contribution in [0, 0.1) is 5.41 Å². The third-order valence-corrected chi connectivity index (χ3v) is 10.00. The van der Waals surface area contributed by atoms with Crippen LogP contribution in [0.4, 0.5) is 11.4 Å². The van der Waals surface area contributed by atoms with Crippen molar-refractivity contribution in [3.8, 4) is 5.75 Å². The number of para-hydroxylation sites is 1. The Morgan fingerprint density at radius 3 is 2.51 bits per heavy atom. The number of ether oxygens (including phenoxy) is 1. The molecule has 1 spiro atoms. The molecule has 0 atom stereocenters. The summed E-state index contributed by atoms with van der Waals surface area (Å²) in [5.41, 5.74) is 3.87. The van der Waals surface area contributed by atoms with E-state index < -0.39 is 0 Å². The van der Waals surface area contributed by atoms with Crippen molar-refractivity contribution in [3.63, 3.8) is 0 Å². The summed E-state index contributed by atoms with van der Waals surface area (Å²) >= 11 is 6.52. The quantitative estimate of drug-likeness (QED) is 0.193. The van der Waals surface area contributed by atoms with Crippen LogP contribution in [0.2, 0.25) is 0 Å². The lowest BCUT2D eigenvalue weighted by molar-refractivity contribution is 0.0741. The molecule has 1 heterocycles. The summed E-state index contributed by atoms with van der Waals surface area (Å²) in [6.07, 6.45) is 9.42. The monoisotopic (exact) mass is 567 g/mol. The van der Waals surface area contributed by atoms with Crippen LogP contribution in [0.5, 0.6) is 5.75 Å². The van der Waals surface area contributed by atoms with Gasteiger partial charge in [0, 0.05) is 11.9 Å². The molecule has 2 aliphatic rings. The van der Waals surface area contributed by atoms with E-state index in [4.69, 9.17) is 21.3 Å². The van der Waals surface area contributed by atoms with E-state index in [-0.39, 0.29) is 7.92 Å². The van der Waals surface area contributed by atoms with E-state index in [1.165, 1.54) is 68.7 Å². The van der Waals surface area contributed by atoms with E-state index in [9.17, 15) is 0 Å². The highest BCUT2D eigenvalue weighted by molar-refractivity contribution is 7.64. The SMILES string of the molecule is C=N/C=C(/Cl)C(=NCNc1ccc(C2CCC3(CC2)CCN(C)CC3)cc1OC)Nc1ccccc1P(C)C. The molecule has 1 aliphatic heterocycles. The van der Waals surface area contributed by atoms with Gasteiger partial charge in [0.2, 0.25) is 0 Å². The Morgan fingerprint density at radius 2 is 1.85 bits per heavy atom. The number of likely N-dealkylation sites (tertiary alicyclic amines) is 1. The van der Waals surface area contributed by atoms with Gasteiger partial charge in [-0.05, 0) is 119 Å². The molecule has 0 amide bonds. The second kappa shape index (κ2) is 13.8. The first-order chi connectivity index (χ1) is 18.8. The Bertz CT molecular complexity index is 1180. The van der Waals surface area contributed by atoms with E-state index in [1.54, 1.807) is 7.11 Å². The summed E-state index contributed by atoms with van der Waals surface area (Å²) < 4.78 is 5.79. The molecule has 0 bridgehead atoms. The molecule has 39 heavy (non-hydrogen) atoms. The maximum atomic E-state index is 6.52. The van der Waals surface area contributed by atoms with Gasteiger partial charge in [-0.3, -0.25) is 4.99 Å². The molecule has 2 aromatic rings. The second-order valence-electron chi connectivity index (χ2n) is 11.1. The third-order valence-electron chi connectivity index (χ3n) is 8.37. The molecular weight excluding hydrogens is 525 g/mol. The van der Waals surface area contributed by atoms with Crippen molar-refractivity contribution in [2.75, 3.05) is 57.9 Å². The average molecular weight is 568 g/mol. The molecule has 2 fully saturated rings. The molecule has 6 nitrogen and oxygen atoms in total. The lowest BCUT2D eigenvalue weighted by atomic mass is 9.64. The van der Waals surface area contributed by atoms with E-state index in [0.29, 0.717) is 28.9 Å². The van der Waals surface area contributed by atoms with E-state index in [1.807, 2.05) is 12.1 Å². The number of nitrogens with one attached hydrogen (secondary N) is 2. The first kappa shape index (κ1) is 29.6. The van der Waals surface area contributed by atoms with Crippen LogP contribution in [-0.4, -0.2) is 64.7 Å². The Kier molecular flexibility index (Phi) is 10.5. The van der Waals surface area contributed by atoms with Crippen LogP contribution in [0.1, 0.15) is 50.0 Å². The number of hydrogen-bond donors (Lipinski definition) is 2.